The molecule has 2 aromatic rings. The van der Waals surface area contributed by atoms with Gasteiger partial charge in [-0.2, -0.15) is 0 Å². The van der Waals surface area contributed by atoms with Crippen LogP contribution in [0.1, 0.15) is 55.5 Å². The van der Waals surface area contributed by atoms with Crippen molar-refractivity contribution in [1.82, 2.24) is 31.0 Å². The number of pyridine rings is 1. The van der Waals surface area contributed by atoms with Crippen LogP contribution in [0.15, 0.2) is 48.7 Å². The van der Waals surface area contributed by atoms with Crippen molar-refractivity contribution in [1.29, 1.82) is 0 Å². The van der Waals surface area contributed by atoms with E-state index < -0.39 is 0 Å². The lowest BCUT2D eigenvalue weighted by molar-refractivity contribution is 0.0778. The molecule has 0 bridgehead atoms. The van der Waals surface area contributed by atoms with Crippen LogP contribution in [0.3, 0.4) is 0 Å². The number of aryl methyl sites for hydroxylation is 1. The van der Waals surface area contributed by atoms with Crippen LogP contribution in [0.25, 0.3) is 0 Å². The van der Waals surface area contributed by atoms with Gasteiger partial charge in [0, 0.05) is 55.6 Å². The summed E-state index contributed by atoms with van der Waals surface area (Å²) in [6.45, 7) is 9.38. The Kier molecular flexibility index (Phi) is 6.03. The van der Waals surface area contributed by atoms with Crippen LogP contribution in [-0.4, -0.2) is 64.6 Å². The number of nitrogens with zero attached hydrogens (tertiary/aromatic N) is 3. The van der Waals surface area contributed by atoms with Crippen LogP contribution in [0.4, 0.5) is 4.79 Å². The Balaban J connectivity index is 1.23. The molecule has 7 nitrogen and oxygen atoms in total. The first-order chi connectivity index (χ1) is 17.0. The molecule has 0 radical (unpaired) electrons. The molecule has 0 spiro atoms. The zero-order valence-corrected chi connectivity index (χ0v) is 21.0. The van der Waals surface area contributed by atoms with E-state index in [-0.39, 0.29) is 24.2 Å². The standard InChI is InChI=1S/C28H38N6O/c1-17(2)33-15-23(19-7-5-4-6-8-19)26(16-33)34-14-21-12-22-25(13-24(21)30-28(34)35)31-32-27(22)20-9-10-29-18(3)11-20/h4-11,17,21-27,31-32H,12-16H2,1-3H3,(H,30,35)/t21?,22?,23-,24?,25?,26+,27?/m1/s1. The molecule has 3 saturated heterocycles. The maximum Gasteiger partial charge on any atom is 0.317 e. The molecule has 5 unspecified atom stereocenters. The summed E-state index contributed by atoms with van der Waals surface area (Å²) in [5, 5.41) is 3.43. The highest BCUT2D eigenvalue weighted by Gasteiger charge is 2.50. The number of likely N-dealkylation sites (tertiary alicyclic amines) is 1. The number of nitrogens with one attached hydrogen (secondary N) is 3. The Morgan fingerprint density at radius 2 is 1.80 bits per heavy atom. The van der Waals surface area contributed by atoms with E-state index in [1.807, 2.05) is 6.20 Å². The smallest absolute Gasteiger partial charge is 0.317 e. The van der Waals surface area contributed by atoms with Gasteiger partial charge < -0.3 is 10.2 Å². The van der Waals surface area contributed by atoms with E-state index in [1.165, 1.54) is 11.1 Å². The van der Waals surface area contributed by atoms with Crippen molar-refractivity contribution < 1.29 is 4.79 Å². The largest absolute Gasteiger partial charge is 0.335 e. The number of amides is 2. The SMILES string of the molecule is Cc1cc(C2NNC3CC4NC(=O)N([C@H]5CN(C(C)C)C[C@@H]5c5ccccc5)CC4CC32)ccn1. The monoisotopic (exact) mass is 474 g/mol. The quantitative estimate of drug-likeness (QED) is 0.635. The molecule has 6 rings (SSSR count). The number of hydrogen-bond donors (Lipinski definition) is 3. The number of rotatable bonds is 4. The number of benzene rings is 1. The van der Waals surface area contributed by atoms with E-state index in [2.05, 4.69) is 94.2 Å². The number of hydrogen-bond acceptors (Lipinski definition) is 5. The molecule has 1 saturated carbocycles. The first-order valence-corrected chi connectivity index (χ1v) is 13.3. The van der Waals surface area contributed by atoms with Gasteiger partial charge in [0.1, 0.15) is 0 Å². The highest BCUT2D eigenvalue weighted by atomic mass is 16.2. The summed E-state index contributed by atoms with van der Waals surface area (Å²) in [6, 6.07) is 16.8. The predicted molar refractivity (Wildman–Crippen MR) is 137 cm³/mol. The average Bonchev–Trinajstić information content (AvgIpc) is 3.47. The normalized spacial score (nSPS) is 35.1. The zero-order chi connectivity index (χ0) is 24.1. The Bertz CT molecular complexity index is 1060. The number of carbonyl (C=O) groups is 1. The van der Waals surface area contributed by atoms with Gasteiger partial charge in [-0.25, -0.2) is 10.2 Å². The van der Waals surface area contributed by atoms with E-state index in [0.717, 1.165) is 38.2 Å². The van der Waals surface area contributed by atoms with Crippen molar-refractivity contribution in [2.45, 2.75) is 69.7 Å². The lowest BCUT2D eigenvalue weighted by Crippen LogP contribution is -2.63. The molecule has 7 atom stereocenters. The van der Waals surface area contributed by atoms with Crippen LogP contribution in [0.5, 0.6) is 0 Å². The maximum atomic E-state index is 13.5. The minimum atomic E-state index is 0.119. The van der Waals surface area contributed by atoms with Crippen LogP contribution < -0.4 is 16.2 Å². The van der Waals surface area contributed by atoms with Crippen LogP contribution in [0, 0.1) is 18.8 Å². The predicted octanol–water partition coefficient (Wildman–Crippen LogP) is 3.20. The molecule has 3 aliphatic heterocycles. The van der Waals surface area contributed by atoms with E-state index in [1.54, 1.807) is 0 Å². The fraction of sp³-hybridized carbons (Fsp3) is 0.571. The Labute approximate surface area is 208 Å². The molecule has 1 aliphatic carbocycles. The molecule has 186 valence electrons. The maximum absolute atomic E-state index is 13.5. The van der Waals surface area contributed by atoms with Gasteiger partial charge in [0.05, 0.1) is 12.1 Å². The van der Waals surface area contributed by atoms with Crippen molar-refractivity contribution >= 4 is 6.03 Å². The van der Waals surface area contributed by atoms with Gasteiger partial charge >= 0.3 is 6.03 Å². The van der Waals surface area contributed by atoms with Gasteiger partial charge in [0.25, 0.3) is 0 Å². The van der Waals surface area contributed by atoms with Crippen LogP contribution in [-0.2, 0) is 0 Å². The van der Waals surface area contributed by atoms with Gasteiger partial charge in [-0.15, -0.1) is 0 Å². The summed E-state index contributed by atoms with van der Waals surface area (Å²) in [5.74, 6) is 1.32. The van der Waals surface area contributed by atoms with Crippen LogP contribution in [0.2, 0.25) is 0 Å². The zero-order valence-electron chi connectivity index (χ0n) is 21.0. The summed E-state index contributed by atoms with van der Waals surface area (Å²) in [6.07, 6.45) is 4.00. The van der Waals surface area contributed by atoms with Crippen molar-refractivity contribution in [2.24, 2.45) is 11.8 Å². The number of hydrazine groups is 1. The van der Waals surface area contributed by atoms with Crippen molar-refractivity contribution in [2.75, 3.05) is 19.6 Å². The lowest BCUT2D eigenvalue weighted by Gasteiger charge is -2.48. The van der Waals surface area contributed by atoms with E-state index in [4.69, 9.17) is 0 Å². The van der Waals surface area contributed by atoms with E-state index in [9.17, 15) is 4.79 Å². The molecule has 35 heavy (non-hydrogen) atoms. The fourth-order valence-electron chi connectivity index (χ4n) is 7.07. The molecule has 2 amide bonds. The molecule has 3 N–H and O–H groups in total. The third kappa shape index (κ3) is 4.24. The van der Waals surface area contributed by atoms with Gasteiger partial charge in [0.2, 0.25) is 0 Å². The summed E-state index contributed by atoms with van der Waals surface area (Å²) in [5.41, 5.74) is 10.8. The van der Waals surface area contributed by atoms with E-state index in [0.29, 0.717) is 29.8 Å². The Morgan fingerprint density at radius 3 is 2.57 bits per heavy atom. The second kappa shape index (κ2) is 9.19. The number of carbonyl (C=O) groups excluding carboxylic acids is 1. The van der Waals surface area contributed by atoms with Crippen molar-refractivity contribution in [3.8, 4) is 0 Å². The minimum Gasteiger partial charge on any atom is -0.335 e. The number of aromatic nitrogens is 1. The molecule has 1 aromatic heterocycles. The highest BCUT2D eigenvalue weighted by molar-refractivity contribution is 5.76. The summed E-state index contributed by atoms with van der Waals surface area (Å²) < 4.78 is 0. The summed E-state index contributed by atoms with van der Waals surface area (Å²) in [4.78, 5) is 22.6. The second-order valence-corrected chi connectivity index (χ2v) is 11.3. The first-order valence-electron chi connectivity index (χ1n) is 13.3. The van der Waals surface area contributed by atoms with E-state index >= 15 is 0 Å². The van der Waals surface area contributed by atoms with Gasteiger partial charge in [-0.3, -0.25) is 15.3 Å². The molecule has 4 fully saturated rings. The third-order valence-electron chi connectivity index (χ3n) is 8.98. The average molecular weight is 475 g/mol. The van der Waals surface area contributed by atoms with Crippen LogP contribution >= 0.6 is 0 Å². The van der Waals surface area contributed by atoms with Gasteiger partial charge in [-0.05, 0) is 68.7 Å². The molecule has 4 aliphatic rings. The van der Waals surface area contributed by atoms with Gasteiger partial charge in [-0.1, -0.05) is 30.3 Å². The summed E-state index contributed by atoms with van der Waals surface area (Å²) in [7, 11) is 0. The number of fused-ring (bicyclic) bond motifs is 2. The fourth-order valence-corrected chi connectivity index (χ4v) is 7.07. The van der Waals surface area contributed by atoms with Crippen molar-refractivity contribution in [3.05, 3.63) is 65.5 Å². The van der Waals surface area contributed by atoms with Crippen molar-refractivity contribution in [3.63, 3.8) is 0 Å². The molecule has 7 heteroatoms. The van der Waals surface area contributed by atoms with Gasteiger partial charge in [0.15, 0.2) is 0 Å². The Hall–Kier alpha value is -2.48. The summed E-state index contributed by atoms with van der Waals surface area (Å²) >= 11 is 0. The molecular weight excluding hydrogens is 436 g/mol. The number of urea groups is 1. The third-order valence-corrected chi connectivity index (χ3v) is 8.98. The molecule has 1 aromatic carbocycles. The molecular formula is C28H38N6O. The first kappa shape index (κ1) is 23.0. The topological polar surface area (TPSA) is 72.5 Å². The Morgan fingerprint density at radius 1 is 0.971 bits per heavy atom. The highest BCUT2D eigenvalue weighted by Crippen LogP contribution is 2.43. The minimum absolute atomic E-state index is 0.119. The lowest BCUT2D eigenvalue weighted by atomic mass is 9.71. The molecule has 4 heterocycles. The second-order valence-electron chi connectivity index (χ2n) is 11.3.